The first kappa shape index (κ1) is 12.7. The summed E-state index contributed by atoms with van der Waals surface area (Å²) in [5.41, 5.74) is 5.52. The van der Waals surface area contributed by atoms with Gasteiger partial charge in [-0.2, -0.15) is 0 Å². The second-order valence-electron chi connectivity index (χ2n) is 3.78. The highest BCUT2D eigenvalue weighted by Crippen LogP contribution is 2.30. The maximum atomic E-state index is 9.63. The van der Waals surface area contributed by atoms with E-state index < -0.39 is 18.4 Å². The van der Waals surface area contributed by atoms with Gasteiger partial charge in [-0.15, -0.1) is 0 Å². The van der Waals surface area contributed by atoms with Crippen LogP contribution in [0.5, 0.6) is 0 Å². The zero-order valence-electron chi connectivity index (χ0n) is 8.78. The van der Waals surface area contributed by atoms with Crippen molar-refractivity contribution in [3.63, 3.8) is 0 Å². The highest BCUT2D eigenvalue weighted by Gasteiger charge is 2.34. The molecule has 94 valence electrons. The number of nitrogens with two attached hydrogens (primary N) is 1. The zero-order chi connectivity index (χ0) is 12.6. The minimum Gasteiger partial charge on any atom is -0.394 e. The summed E-state index contributed by atoms with van der Waals surface area (Å²) in [6, 6.07) is 0. The molecule has 2 rings (SSSR count). The van der Waals surface area contributed by atoms with E-state index in [1.54, 1.807) is 0 Å². The fourth-order valence-electron chi connectivity index (χ4n) is 1.71. The zero-order valence-corrected chi connectivity index (χ0v) is 10.4. The van der Waals surface area contributed by atoms with Crippen LogP contribution in [-0.2, 0) is 4.74 Å². The van der Waals surface area contributed by atoms with Crippen LogP contribution < -0.4 is 5.73 Å². The summed E-state index contributed by atoms with van der Waals surface area (Å²) in [5, 5.41) is 18.9. The molecule has 0 aliphatic carbocycles. The molecule has 1 saturated heterocycles. The summed E-state index contributed by atoms with van der Waals surface area (Å²) < 4.78 is 7.19. The number of anilines is 1. The number of nitrogens with zero attached hydrogens (tertiary/aromatic N) is 2. The number of rotatable bonds is 2. The Morgan fingerprint density at radius 1 is 1.71 bits per heavy atom. The predicted molar refractivity (Wildman–Crippen MR) is 64.1 cm³/mol. The highest BCUT2D eigenvalue weighted by molar-refractivity contribution is 7.71. The van der Waals surface area contributed by atoms with Crippen molar-refractivity contribution in [2.75, 3.05) is 12.3 Å². The summed E-state index contributed by atoms with van der Waals surface area (Å²) >= 11 is 10.9. The van der Waals surface area contributed by atoms with Gasteiger partial charge in [0.15, 0.2) is 0 Å². The first-order valence-corrected chi connectivity index (χ1v) is 5.80. The molecule has 17 heavy (non-hydrogen) atoms. The van der Waals surface area contributed by atoms with Crippen molar-refractivity contribution in [3.05, 3.63) is 16.0 Å². The lowest BCUT2D eigenvalue weighted by Gasteiger charge is -2.16. The molecule has 1 aliphatic heterocycles. The number of hydrogen-bond acceptors (Lipinski definition) is 6. The molecular weight excluding hydrogens is 266 g/mol. The van der Waals surface area contributed by atoms with Gasteiger partial charge < -0.3 is 20.7 Å². The quantitative estimate of drug-likeness (QED) is 0.681. The third kappa shape index (κ3) is 2.43. The summed E-state index contributed by atoms with van der Waals surface area (Å²) in [6.07, 6.45) is 0.00637. The van der Waals surface area contributed by atoms with Crippen molar-refractivity contribution in [2.45, 2.75) is 24.9 Å². The molecule has 1 aliphatic rings. The topological polar surface area (TPSA) is 93.5 Å². The van der Waals surface area contributed by atoms with E-state index in [9.17, 15) is 5.11 Å². The molecule has 0 aromatic carbocycles. The van der Waals surface area contributed by atoms with Crippen LogP contribution in [0, 0.1) is 4.77 Å². The number of halogens is 1. The Morgan fingerprint density at radius 2 is 2.41 bits per heavy atom. The molecule has 8 heteroatoms. The number of hydrogen-bond donors (Lipinski definition) is 3. The van der Waals surface area contributed by atoms with Crippen molar-refractivity contribution in [2.24, 2.45) is 0 Å². The third-order valence-electron chi connectivity index (χ3n) is 2.63. The maximum Gasteiger partial charge on any atom is 0.203 e. The van der Waals surface area contributed by atoms with E-state index in [-0.39, 0.29) is 22.2 Å². The lowest BCUT2D eigenvalue weighted by molar-refractivity contribution is -0.0452. The van der Waals surface area contributed by atoms with E-state index in [0.717, 1.165) is 0 Å². The summed E-state index contributed by atoms with van der Waals surface area (Å²) in [7, 11) is 0. The summed E-state index contributed by atoms with van der Waals surface area (Å²) in [4.78, 5) is 3.89. The summed E-state index contributed by atoms with van der Waals surface area (Å²) in [6.45, 7) is -0.249. The molecule has 0 bridgehead atoms. The average Bonchev–Trinajstić information content (AvgIpc) is 2.65. The van der Waals surface area contributed by atoms with Crippen molar-refractivity contribution in [3.8, 4) is 0 Å². The van der Waals surface area contributed by atoms with Crippen LogP contribution in [0.4, 0.5) is 5.82 Å². The SMILES string of the molecule is Nc1nc(=S)n([C@H]2C[C@H](O)[C@@H](CO)O2)cc1Cl. The lowest BCUT2D eigenvalue weighted by Crippen LogP contribution is -2.24. The van der Waals surface area contributed by atoms with Crippen LogP contribution in [0.25, 0.3) is 0 Å². The van der Waals surface area contributed by atoms with Gasteiger partial charge in [0.1, 0.15) is 18.1 Å². The summed E-state index contributed by atoms with van der Waals surface area (Å²) in [5.74, 6) is 0.158. The molecule has 4 N–H and O–H groups in total. The molecule has 2 heterocycles. The van der Waals surface area contributed by atoms with Gasteiger partial charge in [0.25, 0.3) is 0 Å². The Hall–Kier alpha value is -0.730. The Bertz CT molecular complexity index is 481. The van der Waals surface area contributed by atoms with Crippen LogP contribution in [0.2, 0.25) is 5.02 Å². The smallest absolute Gasteiger partial charge is 0.203 e. The van der Waals surface area contributed by atoms with Crippen molar-refractivity contribution in [1.82, 2.24) is 9.55 Å². The first-order valence-electron chi connectivity index (χ1n) is 5.01. The second-order valence-corrected chi connectivity index (χ2v) is 4.55. The van der Waals surface area contributed by atoms with E-state index in [0.29, 0.717) is 6.42 Å². The number of aliphatic hydroxyl groups is 2. The van der Waals surface area contributed by atoms with Crippen LogP contribution in [0.3, 0.4) is 0 Å². The van der Waals surface area contributed by atoms with Crippen LogP contribution in [0.15, 0.2) is 6.20 Å². The maximum absolute atomic E-state index is 9.63. The number of ether oxygens (including phenoxy) is 1. The highest BCUT2D eigenvalue weighted by atomic mass is 35.5. The van der Waals surface area contributed by atoms with Crippen molar-refractivity contribution < 1.29 is 14.9 Å². The molecular formula is C9H12ClN3O3S. The van der Waals surface area contributed by atoms with Crippen LogP contribution in [0.1, 0.15) is 12.6 Å². The van der Waals surface area contributed by atoms with Crippen molar-refractivity contribution >= 4 is 29.6 Å². The minimum absolute atomic E-state index is 0.158. The molecule has 0 saturated carbocycles. The van der Waals surface area contributed by atoms with E-state index in [1.807, 2.05) is 0 Å². The number of aliphatic hydroxyl groups excluding tert-OH is 2. The van der Waals surface area contributed by atoms with Gasteiger partial charge in [0, 0.05) is 12.6 Å². The number of nitrogen functional groups attached to an aromatic ring is 1. The molecule has 0 amide bonds. The van der Waals surface area contributed by atoms with Gasteiger partial charge in [-0.3, -0.25) is 4.57 Å². The Labute approximate surface area is 108 Å². The van der Waals surface area contributed by atoms with E-state index in [4.69, 9.17) is 39.4 Å². The normalized spacial score (nSPS) is 28.5. The number of aromatic nitrogens is 2. The van der Waals surface area contributed by atoms with E-state index in [1.165, 1.54) is 10.8 Å². The molecule has 0 unspecified atom stereocenters. The standard InChI is InChI=1S/C9H12ClN3O3S/c10-4-2-13(9(17)12-8(4)11)7-1-5(15)6(3-14)16-7/h2,5-7,14-15H,1,3H2,(H2,11,12,17)/t5-,6+,7+/m0/s1. The molecule has 0 spiro atoms. The fourth-order valence-corrected chi connectivity index (χ4v) is 2.13. The molecule has 6 nitrogen and oxygen atoms in total. The molecule has 1 aromatic rings. The second kappa shape index (κ2) is 4.87. The first-order chi connectivity index (χ1) is 8.02. The van der Waals surface area contributed by atoms with Gasteiger partial charge in [0.05, 0.1) is 17.7 Å². The lowest BCUT2D eigenvalue weighted by atomic mass is 10.2. The molecule has 0 radical (unpaired) electrons. The van der Waals surface area contributed by atoms with Gasteiger partial charge in [-0.05, 0) is 12.2 Å². The van der Waals surface area contributed by atoms with Gasteiger partial charge in [-0.25, -0.2) is 4.98 Å². The van der Waals surface area contributed by atoms with E-state index in [2.05, 4.69) is 4.98 Å². The van der Waals surface area contributed by atoms with Gasteiger partial charge >= 0.3 is 0 Å². The molecule has 1 aromatic heterocycles. The van der Waals surface area contributed by atoms with Crippen molar-refractivity contribution in [1.29, 1.82) is 0 Å². The fraction of sp³-hybridized carbons (Fsp3) is 0.556. The van der Waals surface area contributed by atoms with Crippen LogP contribution in [-0.4, -0.2) is 38.6 Å². The predicted octanol–water partition coefficient (Wildman–Crippen LogP) is 0.489. The minimum atomic E-state index is -0.733. The Morgan fingerprint density at radius 3 is 3.00 bits per heavy atom. The molecule has 3 atom stereocenters. The monoisotopic (exact) mass is 277 g/mol. The Kier molecular flexibility index (Phi) is 3.64. The van der Waals surface area contributed by atoms with Gasteiger partial charge in [-0.1, -0.05) is 11.6 Å². The van der Waals surface area contributed by atoms with Crippen LogP contribution >= 0.6 is 23.8 Å². The van der Waals surface area contributed by atoms with E-state index >= 15 is 0 Å². The molecule has 1 fully saturated rings. The Balaban J connectivity index is 2.30. The van der Waals surface area contributed by atoms with Gasteiger partial charge in [0.2, 0.25) is 4.77 Å². The average molecular weight is 278 g/mol. The third-order valence-corrected chi connectivity index (χ3v) is 3.22. The largest absolute Gasteiger partial charge is 0.394 e.